The lowest BCUT2D eigenvalue weighted by Crippen LogP contribution is -2.42. The van der Waals surface area contributed by atoms with Crippen LogP contribution in [0.1, 0.15) is 70.4 Å². The third-order valence-electron chi connectivity index (χ3n) is 7.35. The zero-order valence-electron chi connectivity index (χ0n) is 19.7. The van der Waals surface area contributed by atoms with E-state index in [-0.39, 0.29) is 17.5 Å². The first kappa shape index (κ1) is 24.4. The molecule has 4 heteroatoms. The van der Waals surface area contributed by atoms with Gasteiger partial charge in [0.2, 0.25) is 0 Å². The fraction of sp³-hybridized carbons (Fsp3) is 0.536. The van der Waals surface area contributed by atoms with E-state index in [1.165, 1.54) is 23.8 Å². The van der Waals surface area contributed by atoms with Gasteiger partial charge in [0.05, 0.1) is 11.5 Å². The summed E-state index contributed by atoms with van der Waals surface area (Å²) in [6.45, 7) is 7.47. The molecule has 0 radical (unpaired) electrons. The molecule has 0 aliphatic heterocycles. The van der Waals surface area contributed by atoms with Crippen LogP contribution in [0.15, 0.2) is 48.5 Å². The number of rotatable bonds is 10. The number of halogens is 2. The average molecular weight is 439 g/mol. The highest BCUT2D eigenvalue weighted by Gasteiger charge is 2.45. The van der Waals surface area contributed by atoms with Gasteiger partial charge in [0.1, 0.15) is 11.6 Å². The quantitative estimate of drug-likeness (QED) is 0.398. The van der Waals surface area contributed by atoms with Gasteiger partial charge in [-0.15, -0.1) is 0 Å². The van der Waals surface area contributed by atoms with Crippen LogP contribution in [0.5, 0.6) is 0 Å². The minimum Gasteiger partial charge on any atom is -0.298 e. The highest BCUT2D eigenvalue weighted by atomic mass is 19.1. The maximum Gasteiger partial charge on any atom is 0.130 e. The van der Waals surface area contributed by atoms with Crippen molar-refractivity contribution in [3.63, 3.8) is 0 Å². The molecular weight excluding hydrogens is 402 g/mol. The summed E-state index contributed by atoms with van der Waals surface area (Å²) in [7, 11) is 0. The maximum atomic E-state index is 14.9. The van der Waals surface area contributed by atoms with Crippen LogP contribution < -0.4 is 0 Å². The van der Waals surface area contributed by atoms with E-state index in [0.29, 0.717) is 12.5 Å². The molecule has 0 aromatic heterocycles. The van der Waals surface area contributed by atoms with Crippen LogP contribution in [-0.4, -0.2) is 23.5 Å². The summed E-state index contributed by atoms with van der Waals surface area (Å²) in [5.74, 6) is -1.17. The third kappa shape index (κ3) is 5.38. The Balaban J connectivity index is 1.80. The van der Waals surface area contributed by atoms with Crippen molar-refractivity contribution in [2.24, 2.45) is 5.92 Å². The van der Waals surface area contributed by atoms with Crippen LogP contribution >= 0.6 is 0 Å². The number of hydrogen-bond acceptors (Lipinski definition) is 2. The lowest BCUT2D eigenvalue weighted by Gasteiger charge is -2.38. The first-order chi connectivity index (χ1) is 15.4. The highest BCUT2D eigenvalue weighted by Crippen LogP contribution is 2.47. The maximum absolute atomic E-state index is 14.9. The summed E-state index contributed by atoms with van der Waals surface area (Å²) >= 11 is 0. The Morgan fingerprint density at radius 2 is 1.62 bits per heavy atom. The molecule has 0 spiro atoms. The number of nitrogens with zero attached hydrogens (tertiary/aromatic N) is 2. The fourth-order valence-electron chi connectivity index (χ4n) is 5.57. The Bertz CT molecular complexity index is 879. The van der Waals surface area contributed by atoms with Gasteiger partial charge in [0.25, 0.3) is 0 Å². The smallest absolute Gasteiger partial charge is 0.130 e. The minimum absolute atomic E-state index is 0.00270. The molecule has 2 aromatic carbocycles. The summed E-state index contributed by atoms with van der Waals surface area (Å²) in [6, 6.07) is 17.4. The second-order valence-electron chi connectivity index (χ2n) is 9.62. The standard InChI is InChI=1S/C28H36F2N2/c1-21(2)32(19-17-23-10-5-4-6-11-23)22(3)16-18-28(20-31,24-12-7-8-13-24)27-25(29)14-9-15-26(27)30/h4-6,9-11,14-15,21-22,24H,7-8,12-13,16-19H2,1-3H3. The minimum atomic E-state index is -1.11. The van der Waals surface area contributed by atoms with Crippen molar-refractivity contribution in [3.05, 3.63) is 71.3 Å². The second kappa shape index (κ2) is 11.1. The van der Waals surface area contributed by atoms with E-state index in [2.05, 4.69) is 56.0 Å². The molecule has 2 aromatic rings. The van der Waals surface area contributed by atoms with Gasteiger partial charge in [0.15, 0.2) is 0 Å². The summed E-state index contributed by atoms with van der Waals surface area (Å²) < 4.78 is 29.8. The number of benzene rings is 2. The molecule has 1 aliphatic carbocycles. The molecule has 1 aliphatic rings. The SMILES string of the molecule is CC(C)N(CCc1ccccc1)C(C)CCC(C#N)(c1c(F)cccc1F)C1CCCC1. The molecule has 1 fully saturated rings. The molecule has 1 saturated carbocycles. The molecule has 172 valence electrons. The molecule has 0 amide bonds. The highest BCUT2D eigenvalue weighted by molar-refractivity contribution is 5.36. The zero-order chi connectivity index (χ0) is 23.1. The van der Waals surface area contributed by atoms with Crippen molar-refractivity contribution in [1.29, 1.82) is 5.26 Å². The summed E-state index contributed by atoms with van der Waals surface area (Å²) in [5.41, 5.74) is 0.181. The van der Waals surface area contributed by atoms with Gasteiger partial charge in [-0.25, -0.2) is 8.78 Å². The van der Waals surface area contributed by atoms with Gasteiger partial charge in [0, 0.05) is 24.2 Å². The summed E-state index contributed by atoms with van der Waals surface area (Å²) in [4.78, 5) is 2.45. The Morgan fingerprint density at radius 1 is 1.00 bits per heavy atom. The first-order valence-electron chi connectivity index (χ1n) is 12.0. The van der Waals surface area contributed by atoms with E-state index in [0.717, 1.165) is 45.1 Å². The van der Waals surface area contributed by atoms with Gasteiger partial charge in [-0.05, 0) is 76.5 Å². The Hall–Kier alpha value is -2.25. The lowest BCUT2D eigenvalue weighted by atomic mass is 9.66. The zero-order valence-corrected chi connectivity index (χ0v) is 19.7. The molecule has 2 unspecified atom stereocenters. The molecule has 2 nitrogen and oxygen atoms in total. The van der Waals surface area contributed by atoms with Crippen LogP contribution in [-0.2, 0) is 11.8 Å². The Morgan fingerprint density at radius 3 is 2.19 bits per heavy atom. The van der Waals surface area contributed by atoms with Crippen molar-refractivity contribution >= 4 is 0 Å². The monoisotopic (exact) mass is 438 g/mol. The van der Waals surface area contributed by atoms with Crippen LogP contribution in [0, 0.1) is 28.9 Å². The largest absolute Gasteiger partial charge is 0.298 e. The molecule has 2 atom stereocenters. The topological polar surface area (TPSA) is 27.0 Å². The molecule has 0 heterocycles. The fourth-order valence-corrected chi connectivity index (χ4v) is 5.57. The number of nitriles is 1. The summed E-state index contributed by atoms with van der Waals surface area (Å²) in [6.07, 6.45) is 5.92. The second-order valence-corrected chi connectivity index (χ2v) is 9.62. The van der Waals surface area contributed by atoms with Crippen molar-refractivity contribution in [3.8, 4) is 6.07 Å². The molecule has 0 bridgehead atoms. The van der Waals surface area contributed by atoms with E-state index >= 15 is 0 Å². The van der Waals surface area contributed by atoms with Crippen molar-refractivity contribution in [2.45, 2.75) is 83.2 Å². The third-order valence-corrected chi connectivity index (χ3v) is 7.35. The van der Waals surface area contributed by atoms with E-state index in [9.17, 15) is 14.0 Å². The van der Waals surface area contributed by atoms with E-state index in [1.54, 1.807) is 0 Å². The Labute approximate surface area is 192 Å². The van der Waals surface area contributed by atoms with E-state index in [1.807, 2.05) is 6.07 Å². The van der Waals surface area contributed by atoms with Crippen molar-refractivity contribution < 1.29 is 8.78 Å². The number of hydrogen-bond donors (Lipinski definition) is 0. The normalized spacial score (nSPS) is 17.4. The predicted molar refractivity (Wildman–Crippen MR) is 126 cm³/mol. The molecule has 3 rings (SSSR count). The van der Waals surface area contributed by atoms with Gasteiger partial charge in [-0.1, -0.05) is 49.2 Å². The molecule has 0 N–H and O–H groups in total. The first-order valence-corrected chi connectivity index (χ1v) is 12.0. The van der Waals surface area contributed by atoms with Gasteiger partial charge in [-0.3, -0.25) is 4.90 Å². The van der Waals surface area contributed by atoms with Crippen molar-refractivity contribution in [2.75, 3.05) is 6.54 Å². The van der Waals surface area contributed by atoms with Crippen LogP contribution in [0.4, 0.5) is 8.78 Å². The summed E-state index contributed by atoms with van der Waals surface area (Å²) in [5, 5.41) is 10.4. The van der Waals surface area contributed by atoms with Gasteiger partial charge in [-0.2, -0.15) is 5.26 Å². The average Bonchev–Trinajstić information content (AvgIpc) is 3.32. The van der Waals surface area contributed by atoms with Crippen LogP contribution in [0.2, 0.25) is 0 Å². The molecule has 0 saturated heterocycles. The molecular formula is C28H36F2N2. The van der Waals surface area contributed by atoms with E-state index < -0.39 is 17.0 Å². The molecule has 32 heavy (non-hydrogen) atoms. The van der Waals surface area contributed by atoms with Crippen LogP contribution in [0.25, 0.3) is 0 Å². The van der Waals surface area contributed by atoms with Gasteiger partial charge < -0.3 is 0 Å². The van der Waals surface area contributed by atoms with E-state index in [4.69, 9.17) is 0 Å². The lowest BCUT2D eigenvalue weighted by molar-refractivity contribution is 0.145. The Kier molecular flexibility index (Phi) is 8.43. The predicted octanol–water partition coefficient (Wildman–Crippen LogP) is 7.04. The van der Waals surface area contributed by atoms with Crippen LogP contribution in [0.3, 0.4) is 0 Å². The van der Waals surface area contributed by atoms with Crippen molar-refractivity contribution in [1.82, 2.24) is 4.90 Å². The van der Waals surface area contributed by atoms with Gasteiger partial charge >= 0.3 is 0 Å².